The highest BCUT2D eigenvalue weighted by Gasteiger charge is 2.18. The second-order valence-corrected chi connectivity index (χ2v) is 6.85. The van der Waals surface area contributed by atoms with Crippen molar-refractivity contribution in [3.63, 3.8) is 0 Å². The van der Waals surface area contributed by atoms with Gasteiger partial charge in [-0.15, -0.1) is 0 Å². The standard InChI is InChI=1S/C13H15F2N3O2S/c1-9-12(8-18(16-9)13(14)15)10-4-6-11(7-5-10)21(19,20)17(2)3/h4-8,13H,1-3H3. The van der Waals surface area contributed by atoms with Crippen LogP contribution in [0.5, 0.6) is 0 Å². The average molecular weight is 315 g/mol. The maximum Gasteiger partial charge on any atom is 0.333 e. The summed E-state index contributed by atoms with van der Waals surface area (Å²) in [7, 11) is -0.613. The lowest BCUT2D eigenvalue weighted by atomic mass is 10.1. The number of hydrogen-bond donors (Lipinski definition) is 0. The van der Waals surface area contributed by atoms with Crippen LogP contribution in [0.3, 0.4) is 0 Å². The average Bonchev–Trinajstić information content (AvgIpc) is 2.81. The van der Waals surface area contributed by atoms with Gasteiger partial charge in [0.05, 0.1) is 10.6 Å². The van der Waals surface area contributed by atoms with Gasteiger partial charge in [0, 0.05) is 25.9 Å². The largest absolute Gasteiger partial charge is 0.333 e. The van der Waals surface area contributed by atoms with Gasteiger partial charge >= 0.3 is 6.55 Å². The number of aromatic nitrogens is 2. The second kappa shape index (κ2) is 5.53. The van der Waals surface area contributed by atoms with Crippen LogP contribution in [0, 0.1) is 6.92 Å². The number of aryl methyl sites for hydroxylation is 1. The first-order valence-corrected chi connectivity index (χ1v) is 7.54. The monoisotopic (exact) mass is 315 g/mol. The normalized spacial score (nSPS) is 12.3. The lowest BCUT2D eigenvalue weighted by Gasteiger charge is -2.11. The van der Waals surface area contributed by atoms with E-state index in [1.807, 2.05) is 0 Å². The van der Waals surface area contributed by atoms with Gasteiger partial charge in [-0.3, -0.25) is 0 Å². The third-order valence-corrected chi connectivity index (χ3v) is 4.89. The van der Waals surface area contributed by atoms with Gasteiger partial charge in [-0.25, -0.2) is 17.4 Å². The van der Waals surface area contributed by atoms with Gasteiger partial charge in [0.1, 0.15) is 0 Å². The minimum Gasteiger partial charge on any atom is -0.211 e. The van der Waals surface area contributed by atoms with Crippen molar-refractivity contribution in [1.29, 1.82) is 0 Å². The summed E-state index contributed by atoms with van der Waals surface area (Å²) in [6.45, 7) is -1.08. The number of sulfonamides is 1. The number of rotatable bonds is 4. The van der Waals surface area contributed by atoms with Gasteiger partial charge in [-0.2, -0.15) is 13.9 Å². The number of benzene rings is 1. The molecule has 0 N–H and O–H groups in total. The molecule has 0 unspecified atom stereocenters. The van der Waals surface area contributed by atoms with E-state index < -0.39 is 16.6 Å². The Morgan fingerprint density at radius 1 is 1.19 bits per heavy atom. The van der Waals surface area contributed by atoms with Crippen LogP contribution in [-0.2, 0) is 10.0 Å². The van der Waals surface area contributed by atoms with Crippen molar-refractivity contribution in [3.05, 3.63) is 36.2 Å². The fraction of sp³-hybridized carbons (Fsp3) is 0.308. The van der Waals surface area contributed by atoms with E-state index in [-0.39, 0.29) is 4.90 Å². The zero-order valence-electron chi connectivity index (χ0n) is 11.8. The molecule has 0 saturated carbocycles. The highest BCUT2D eigenvalue weighted by atomic mass is 32.2. The van der Waals surface area contributed by atoms with E-state index in [9.17, 15) is 17.2 Å². The van der Waals surface area contributed by atoms with Gasteiger partial charge in [-0.05, 0) is 24.6 Å². The van der Waals surface area contributed by atoms with Crippen LogP contribution in [0.15, 0.2) is 35.4 Å². The minimum atomic E-state index is -3.50. The first-order chi connectivity index (χ1) is 9.73. The van der Waals surface area contributed by atoms with E-state index >= 15 is 0 Å². The summed E-state index contributed by atoms with van der Waals surface area (Å²) in [5.74, 6) is 0. The van der Waals surface area contributed by atoms with Crippen LogP contribution in [0.25, 0.3) is 11.1 Å². The molecular weight excluding hydrogens is 300 g/mol. The molecule has 0 saturated heterocycles. The zero-order valence-corrected chi connectivity index (χ0v) is 12.6. The molecule has 114 valence electrons. The predicted molar refractivity (Wildman–Crippen MR) is 74.5 cm³/mol. The summed E-state index contributed by atoms with van der Waals surface area (Å²) in [6, 6.07) is 6.06. The summed E-state index contributed by atoms with van der Waals surface area (Å²) >= 11 is 0. The number of halogens is 2. The first kappa shape index (κ1) is 15.6. The van der Waals surface area contributed by atoms with Crippen LogP contribution in [0.1, 0.15) is 12.2 Å². The molecular formula is C13H15F2N3O2S. The number of nitrogens with zero attached hydrogens (tertiary/aromatic N) is 3. The van der Waals surface area contributed by atoms with E-state index in [2.05, 4.69) is 5.10 Å². The minimum absolute atomic E-state index is 0.148. The molecule has 0 atom stereocenters. The van der Waals surface area contributed by atoms with Gasteiger partial charge in [0.15, 0.2) is 0 Å². The third-order valence-electron chi connectivity index (χ3n) is 3.06. The quantitative estimate of drug-likeness (QED) is 0.871. The molecule has 1 aromatic heterocycles. The molecule has 0 spiro atoms. The van der Waals surface area contributed by atoms with E-state index in [1.165, 1.54) is 32.4 Å². The third kappa shape index (κ3) is 2.96. The van der Waals surface area contributed by atoms with Crippen LogP contribution in [-0.4, -0.2) is 36.6 Å². The van der Waals surface area contributed by atoms with Crippen molar-refractivity contribution in [2.24, 2.45) is 0 Å². The van der Waals surface area contributed by atoms with Crippen molar-refractivity contribution in [3.8, 4) is 11.1 Å². The van der Waals surface area contributed by atoms with E-state index in [4.69, 9.17) is 0 Å². The van der Waals surface area contributed by atoms with E-state index in [0.29, 0.717) is 21.5 Å². The first-order valence-electron chi connectivity index (χ1n) is 6.10. The molecule has 0 fully saturated rings. The molecule has 1 heterocycles. The molecule has 2 rings (SSSR count). The van der Waals surface area contributed by atoms with Gasteiger partial charge in [0.2, 0.25) is 10.0 Å². The van der Waals surface area contributed by atoms with Crippen molar-refractivity contribution >= 4 is 10.0 Å². The van der Waals surface area contributed by atoms with Crippen LogP contribution in [0.4, 0.5) is 8.78 Å². The lowest BCUT2D eigenvalue weighted by molar-refractivity contribution is 0.0563. The molecule has 21 heavy (non-hydrogen) atoms. The van der Waals surface area contributed by atoms with Gasteiger partial charge in [-0.1, -0.05) is 12.1 Å². The maximum absolute atomic E-state index is 12.6. The molecule has 8 heteroatoms. The summed E-state index contributed by atoms with van der Waals surface area (Å²) in [6.07, 6.45) is 1.25. The Morgan fingerprint density at radius 3 is 2.19 bits per heavy atom. The van der Waals surface area contributed by atoms with Crippen LogP contribution >= 0.6 is 0 Å². The Bertz CT molecular complexity index is 737. The van der Waals surface area contributed by atoms with E-state index in [0.717, 1.165) is 4.31 Å². The summed E-state index contributed by atoms with van der Waals surface area (Å²) in [5, 5.41) is 3.73. The van der Waals surface area contributed by atoms with Gasteiger partial charge < -0.3 is 0 Å². The Kier molecular flexibility index (Phi) is 4.11. The fourth-order valence-electron chi connectivity index (χ4n) is 1.88. The van der Waals surface area contributed by atoms with E-state index in [1.54, 1.807) is 19.1 Å². The topological polar surface area (TPSA) is 55.2 Å². The second-order valence-electron chi connectivity index (χ2n) is 4.70. The fourth-order valence-corrected chi connectivity index (χ4v) is 2.78. The highest BCUT2D eigenvalue weighted by molar-refractivity contribution is 7.89. The highest BCUT2D eigenvalue weighted by Crippen LogP contribution is 2.26. The molecule has 2 aromatic rings. The van der Waals surface area contributed by atoms with Crippen molar-refractivity contribution in [2.45, 2.75) is 18.4 Å². The molecule has 0 amide bonds. The predicted octanol–water partition coefficient (Wildman–Crippen LogP) is 2.50. The SMILES string of the molecule is Cc1nn(C(F)F)cc1-c1ccc(S(=O)(=O)N(C)C)cc1. The molecule has 0 bridgehead atoms. The van der Waals surface area contributed by atoms with Gasteiger partial charge in [0.25, 0.3) is 0 Å². The molecule has 0 aliphatic rings. The van der Waals surface area contributed by atoms with Crippen molar-refractivity contribution in [1.82, 2.24) is 14.1 Å². The summed E-state index contributed by atoms with van der Waals surface area (Å²) < 4.78 is 50.8. The van der Waals surface area contributed by atoms with Crippen molar-refractivity contribution < 1.29 is 17.2 Å². The molecule has 5 nitrogen and oxygen atoms in total. The molecule has 0 aliphatic heterocycles. The zero-order chi connectivity index (χ0) is 15.8. The Hall–Kier alpha value is -1.80. The maximum atomic E-state index is 12.6. The van der Waals surface area contributed by atoms with Crippen LogP contribution < -0.4 is 0 Å². The molecule has 1 aromatic carbocycles. The Labute approximate surface area is 121 Å². The number of alkyl halides is 2. The molecule has 0 radical (unpaired) electrons. The summed E-state index contributed by atoms with van der Waals surface area (Å²) in [4.78, 5) is 0.148. The smallest absolute Gasteiger partial charge is 0.211 e. The lowest BCUT2D eigenvalue weighted by Crippen LogP contribution is -2.22. The summed E-state index contributed by atoms with van der Waals surface area (Å²) in [5.41, 5.74) is 1.64. The molecule has 0 aliphatic carbocycles. The van der Waals surface area contributed by atoms with Crippen LogP contribution in [0.2, 0.25) is 0 Å². The Balaban J connectivity index is 2.40. The Morgan fingerprint density at radius 2 is 1.76 bits per heavy atom. The van der Waals surface area contributed by atoms with Crippen molar-refractivity contribution in [2.75, 3.05) is 14.1 Å². The number of hydrogen-bond acceptors (Lipinski definition) is 3.